The molecule has 4 N–H and O–H groups in total. The van der Waals surface area contributed by atoms with Gasteiger partial charge < -0.3 is 39.7 Å². The molecule has 194 valence electrons. The van der Waals surface area contributed by atoms with Crippen molar-refractivity contribution >= 4 is 17.8 Å². The minimum Gasteiger partial charge on any atom is -0.493 e. The van der Waals surface area contributed by atoms with Crippen LogP contribution in [0, 0.1) is 0 Å². The Labute approximate surface area is 207 Å². The lowest BCUT2D eigenvalue weighted by Crippen LogP contribution is -2.74. The number of nitrogens with zero attached hydrogens (tertiary/aromatic N) is 1. The number of nitrogens with one attached hydrogen (secondary N) is 1. The van der Waals surface area contributed by atoms with Crippen LogP contribution < -0.4 is 14.8 Å². The maximum absolute atomic E-state index is 12.9. The summed E-state index contributed by atoms with van der Waals surface area (Å²) in [4.78, 5) is 37.9. The first kappa shape index (κ1) is 24.5. The number of aliphatic hydroxyl groups excluding tert-OH is 1. The van der Waals surface area contributed by atoms with Gasteiger partial charge in [-0.15, -0.1) is 0 Å². The molecule has 5 rings (SSSR count). The topological polar surface area (TPSA) is 155 Å². The minimum absolute atomic E-state index is 0.142. The fourth-order valence-electron chi connectivity index (χ4n) is 6.41. The Morgan fingerprint density at radius 1 is 1.33 bits per heavy atom. The number of carbonyl (C=O) groups is 3. The molecule has 2 aliphatic carbocycles. The molecule has 1 aromatic rings. The summed E-state index contributed by atoms with van der Waals surface area (Å²) in [7, 11) is 3.55. The van der Waals surface area contributed by atoms with E-state index in [1.807, 2.05) is 19.2 Å². The maximum atomic E-state index is 12.9. The highest BCUT2D eigenvalue weighted by Crippen LogP contribution is 2.65. The highest BCUT2D eigenvalue weighted by Gasteiger charge is 2.72. The number of hydrogen-bond donors (Lipinski definition) is 4. The zero-order valence-corrected chi connectivity index (χ0v) is 20.3. The van der Waals surface area contributed by atoms with Crippen molar-refractivity contribution in [3.63, 3.8) is 0 Å². The van der Waals surface area contributed by atoms with E-state index in [1.165, 1.54) is 6.92 Å². The maximum Gasteiger partial charge on any atom is 0.333 e. The Morgan fingerprint density at radius 3 is 2.78 bits per heavy atom. The van der Waals surface area contributed by atoms with Crippen molar-refractivity contribution in [1.29, 1.82) is 0 Å². The van der Waals surface area contributed by atoms with Gasteiger partial charge in [-0.1, -0.05) is 6.07 Å². The van der Waals surface area contributed by atoms with Crippen LogP contribution in [0.25, 0.3) is 0 Å². The molecule has 0 unspecified atom stereocenters. The van der Waals surface area contributed by atoms with Crippen molar-refractivity contribution in [3.8, 4) is 11.5 Å². The molecule has 0 aromatic heterocycles. The smallest absolute Gasteiger partial charge is 0.333 e. The van der Waals surface area contributed by atoms with Crippen molar-refractivity contribution in [2.24, 2.45) is 0 Å². The molecule has 1 amide bonds. The number of aliphatic hydroxyl groups is 2. The van der Waals surface area contributed by atoms with Gasteiger partial charge in [0.05, 0.1) is 24.5 Å². The Kier molecular flexibility index (Phi) is 5.77. The zero-order valence-electron chi connectivity index (χ0n) is 20.3. The number of rotatable bonds is 7. The van der Waals surface area contributed by atoms with Crippen LogP contribution in [0.4, 0.5) is 0 Å². The molecular formula is C25H30N2O9. The summed E-state index contributed by atoms with van der Waals surface area (Å²) < 4.78 is 17.7. The lowest BCUT2D eigenvalue weighted by Gasteiger charge is -2.61. The number of hydrogen-bond acceptors (Lipinski definition) is 9. The predicted molar refractivity (Wildman–Crippen MR) is 123 cm³/mol. The molecule has 36 heavy (non-hydrogen) atoms. The van der Waals surface area contributed by atoms with E-state index in [0.29, 0.717) is 24.3 Å². The average molecular weight is 503 g/mol. The summed E-state index contributed by atoms with van der Waals surface area (Å²) in [6.07, 6.45) is -0.147. The summed E-state index contributed by atoms with van der Waals surface area (Å²) in [6, 6.07) is 2.60. The van der Waals surface area contributed by atoms with Gasteiger partial charge in [0.2, 0.25) is 5.91 Å². The van der Waals surface area contributed by atoms with Crippen molar-refractivity contribution in [1.82, 2.24) is 10.2 Å². The van der Waals surface area contributed by atoms with E-state index < -0.39 is 53.5 Å². The van der Waals surface area contributed by atoms with Crippen LogP contribution in [0.15, 0.2) is 24.0 Å². The van der Waals surface area contributed by atoms with Crippen LogP contribution >= 0.6 is 0 Å². The summed E-state index contributed by atoms with van der Waals surface area (Å²) in [5, 5.41) is 32.7. The number of piperidine rings is 1. The number of carbonyl (C=O) groups excluding carboxylic acids is 2. The predicted octanol–water partition coefficient (Wildman–Crippen LogP) is -0.144. The lowest BCUT2D eigenvalue weighted by atomic mass is 9.50. The second kappa shape index (κ2) is 8.46. The summed E-state index contributed by atoms with van der Waals surface area (Å²) in [6.45, 7) is 2.13. The van der Waals surface area contributed by atoms with Crippen LogP contribution in [0.3, 0.4) is 0 Å². The molecule has 6 atom stereocenters. The molecule has 1 saturated heterocycles. The van der Waals surface area contributed by atoms with E-state index in [1.54, 1.807) is 13.2 Å². The molecule has 1 fully saturated rings. The summed E-state index contributed by atoms with van der Waals surface area (Å²) in [5.74, 6) is -1.76. The molecule has 1 aromatic carbocycles. The third-order valence-electron chi connectivity index (χ3n) is 8.17. The molecule has 2 aliphatic heterocycles. The number of methoxy groups -OCH3 is 1. The fraction of sp³-hybridized carbons (Fsp3) is 0.560. The Hall–Kier alpha value is -3.15. The summed E-state index contributed by atoms with van der Waals surface area (Å²) in [5.41, 5.74) is 0.00583. The van der Waals surface area contributed by atoms with Gasteiger partial charge in [-0.25, -0.2) is 9.59 Å². The van der Waals surface area contributed by atoms with Gasteiger partial charge >= 0.3 is 11.9 Å². The first-order chi connectivity index (χ1) is 17.0. The number of carboxylic acid groups (broad SMARTS) is 1. The van der Waals surface area contributed by atoms with E-state index in [9.17, 15) is 24.6 Å². The van der Waals surface area contributed by atoms with Gasteiger partial charge in [0, 0.05) is 18.0 Å². The number of esters is 1. The largest absolute Gasteiger partial charge is 0.493 e. The molecule has 11 nitrogen and oxygen atoms in total. The molecule has 1 spiro atoms. The summed E-state index contributed by atoms with van der Waals surface area (Å²) >= 11 is 0. The highest BCUT2D eigenvalue weighted by atomic mass is 16.6. The molecule has 2 bridgehead atoms. The number of likely N-dealkylation sites (N-methyl/N-ethyl adjacent to an activating group) is 1. The number of benzene rings is 1. The van der Waals surface area contributed by atoms with Gasteiger partial charge in [-0.05, 0) is 51.1 Å². The zero-order chi connectivity index (χ0) is 26.0. The third-order valence-corrected chi connectivity index (χ3v) is 8.17. The van der Waals surface area contributed by atoms with E-state index in [4.69, 9.17) is 19.3 Å². The Morgan fingerprint density at radius 2 is 2.08 bits per heavy atom. The number of likely N-dealkylation sites (tertiary alicyclic amines) is 1. The second-order valence-electron chi connectivity index (χ2n) is 10.1. The Bertz CT molecular complexity index is 1170. The second-order valence-corrected chi connectivity index (χ2v) is 10.1. The van der Waals surface area contributed by atoms with Crippen molar-refractivity contribution < 1.29 is 43.9 Å². The minimum atomic E-state index is -1.87. The first-order valence-electron chi connectivity index (χ1n) is 11.9. The third kappa shape index (κ3) is 3.33. The highest BCUT2D eigenvalue weighted by molar-refractivity contribution is 5.87. The van der Waals surface area contributed by atoms with Gasteiger partial charge in [-0.2, -0.15) is 0 Å². The molecule has 4 aliphatic rings. The molecular weight excluding hydrogens is 472 g/mol. The van der Waals surface area contributed by atoms with E-state index in [-0.39, 0.29) is 18.2 Å². The van der Waals surface area contributed by atoms with Crippen LogP contribution in [0.1, 0.15) is 37.3 Å². The van der Waals surface area contributed by atoms with Crippen molar-refractivity contribution in [2.45, 2.75) is 67.9 Å². The number of amides is 1. The lowest BCUT2D eigenvalue weighted by molar-refractivity contribution is -0.170. The van der Waals surface area contributed by atoms with Gasteiger partial charge in [0.1, 0.15) is 11.8 Å². The quantitative estimate of drug-likeness (QED) is 0.370. The SMILES string of the molecule is COc1ccc2c3c1O[C@H]1C(OC(=O)[C@H](C)NC(=O)C[C@H](O)C(=O)O)=CC[C@@]4(O)[C@@H](C2)N(C)CC[C@]314. The standard InChI is InChI=1S/C25H30N2O9/c1-12(26-18(29)11-14(28)22(30)31)23(32)35-16-6-7-25(33)17-10-13-4-5-15(34-3)20-19(13)24(25,21(16)36-20)8-9-27(17)2/h4-6,12,14,17,21,28,33H,7-11H2,1-3H3,(H,26,29)(H,30,31)/t12-,14-,17+,21-,24-,25+/m0/s1. The molecule has 11 heteroatoms. The molecule has 0 radical (unpaired) electrons. The van der Waals surface area contributed by atoms with Gasteiger partial charge in [0.25, 0.3) is 0 Å². The number of ether oxygens (including phenoxy) is 3. The first-order valence-corrected chi connectivity index (χ1v) is 11.9. The van der Waals surface area contributed by atoms with Crippen molar-refractivity contribution in [2.75, 3.05) is 20.7 Å². The molecule has 0 saturated carbocycles. The number of aliphatic carboxylic acids is 1. The van der Waals surface area contributed by atoms with Gasteiger partial charge in [0.15, 0.2) is 23.7 Å². The Balaban J connectivity index is 1.44. The van der Waals surface area contributed by atoms with Crippen LogP contribution in [0.2, 0.25) is 0 Å². The number of carboxylic acids is 1. The van der Waals surface area contributed by atoms with Crippen LogP contribution in [0.5, 0.6) is 11.5 Å². The normalized spacial score (nSPS) is 31.3. The average Bonchev–Trinajstić information content (AvgIpc) is 3.18. The van der Waals surface area contributed by atoms with Crippen LogP contribution in [-0.2, 0) is 31.0 Å². The van der Waals surface area contributed by atoms with E-state index in [0.717, 1.165) is 17.7 Å². The van der Waals surface area contributed by atoms with E-state index >= 15 is 0 Å². The monoisotopic (exact) mass is 502 g/mol. The fourth-order valence-corrected chi connectivity index (χ4v) is 6.41. The van der Waals surface area contributed by atoms with E-state index in [2.05, 4.69) is 10.2 Å². The van der Waals surface area contributed by atoms with Crippen molar-refractivity contribution in [3.05, 3.63) is 35.1 Å². The van der Waals surface area contributed by atoms with Gasteiger partial charge in [-0.3, -0.25) is 4.79 Å². The molecule has 2 heterocycles. The van der Waals surface area contributed by atoms with Crippen LogP contribution in [-0.4, -0.2) is 88.7 Å².